The molecule has 0 spiro atoms. The average Bonchev–Trinajstić information content (AvgIpc) is 2.91. The van der Waals surface area contributed by atoms with Crippen molar-refractivity contribution in [2.75, 3.05) is 13.2 Å². The molecule has 0 radical (unpaired) electrons. The number of aromatic nitrogens is 2. The first-order valence-corrected chi connectivity index (χ1v) is 5.92. The first kappa shape index (κ1) is 11.1. The second kappa shape index (κ2) is 4.70. The van der Waals surface area contributed by atoms with Gasteiger partial charge in [-0.3, -0.25) is 14.8 Å². The summed E-state index contributed by atoms with van der Waals surface area (Å²) in [6, 6.07) is 3.62. The van der Waals surface area contributed by atoms with E-state index in [1.54, 1.807) is 30.7 Å². The Morgan fingerprint density at radius 2 is 2.33 bits per heavy atom. The number of nitrogens with one attached hydrogen (secondary N) is 1. The molecule has 18 heavy (non-hydrogen) atoms. The number of pyridine rings is 2. The van der Waals surface area contributed by atoms with E-state index >= 15 is 0 Å². The van der Waals surface area contributed by atoms with Gasteiger partial charge in [0.2, 0.25) is 0 Å². The Hall–Kier alpha value is -2.01. The van der Waals surface area contributed by atoms with Crippen molar-refractivity contribution in [3.8, 4) is 0 Å². The van der Waals surface area contributed by atoms with Gasteiger partial charge >= 0.3 is 0 Å². The van der Waals surface area contributed by atoms with Crippen LogP contribution in [-0.4, -0.2) is 35.1 Å². The fourth-order valence-electron chi connectivity index (χ4n) is 2.10. The maximum atomic E-state index is 12.2. The highest BCUT2D eigenvalue weighted by molar-refractivity contribution is 6.05. The zero-order valence-electron chi connectivity index (χ0n) is 9.80. The molecule has 1 aliphatic rings. The summed E-state index contributed by atoms with van der Waals surface area (Å²) in [5.74, 6) is -0.0918. The normalized spacial score (nSPS) is 19.0. The summed E-state index contributed by atoms with van der Waals surface area (Å²) in [6.07, 6.45) is 5.85. The lowest BCUT2D eigenvalue weighted by Crippen LogP contribution is -2.35. The molecule has 92 valence electrons. The quantitative estimate of drug-likeness (QED) is 0.859. The predicted molar refractivity (Wildman–Crippen MR) is 66.2 cm³/mol. The molecule has 2 aromatic heterocycles. The molecule has 1 saturated heterocycles. The van der Waals surface area contributed by atoms with Crippen LogP contribution in [0.1, 0.15) is 16.8 Å². The topological polar surface area (TPSA) is 64.1 Å². The van der Waals surface area contributed by atoms with E-state index in [0.717, 1.165) is 17.3 Å². The smallest absolute Gasteiger partial charge is 0.252 e. The average molecular weight is 243 g/mol. The molecule has 2 aromatic rings. The van der Waals surface area contributed by atoms with Gasteiger partial charge in [-0.05, 0) is 18.6 Å². The third kappa shape index (κ3) is 2.04. The van der Waals surface area contributed by atoms with Crippen LogP contribution in [0, 0.1) is 0 Å². The second-order valence-electron chi connectivity index (χ2n) is 4.29. The van der Waals surface area contributed by atoms with Crippen molar-refractivity contribution >= 4 is 16.8 Å². The molecule has 5 heteroatoms. The van der Waals surface area contributed by atoms with Crippen molar-refractivity contribution in [2.24, 2.45) is 0 Å². The summed E-state index contributed by atoms with van der Waals surface area (Å²) in [5, 5.41) is 3.74. The first-order valence-electron chi connectivity index (χ1n) is 5.92. The fourth-order valence-corrected chi connectivity index (χ4v) is 2.10. The Bertz CT molecular complexity index is 574. The van der Waals surface area contributed by atoms with Crippen LogP contribution in [0.15, 0.2) is 30.7 Å². The van der Waals surface area contributed by atoms with Crippen LogP contribution in [0.5, 0.6) is 0 Å². The summed E-state index contributed by atoms with van der Waals surface area (Å²) in [5.41, 5.74) is 1.39. The van der Waals surface area contributed by atoms with Gasteiger partial charge in [0.15, 0.2) is 0 Å². The molecule has 1 amide bonds. The molecule has 3 heterocycles. The highest BCUT2D eigenvalue weighted by Crippen LogP contribution is 2.15. The molecule has 0 saturated carbocycles. The SMILES string of the molecule is O=C(NC1CCOC1)c1ccnc2ccncc12. The largest absolute Gasteiger partial charge is 0.379 e. The third-order valence-electron chi connectivity index (χ3n) is 3.05. The molecule has 1 fully saturated rings. The van der Waals surface area contributed by atoms with Gasteiger partial charge in [0, 0.05) is 30.6 Å². The zero-order chi connectivity index (χ0) is 12.4. The van der Waals surface area contributed by atoms with Gasteiger partial charge in [0.25, 0.3) is 5.91 Å². The maximum absolute atomic E-state index is 12.2. The fraction of sp³-hybridized carbons (Fsp3) is 0.308. The number of amides is 1. The van der Waals surface area contributed by atoms with E-state index in [1.165, 1.54) is 0 Å². The first-order chi connectivity index (χ1) is 8.84. The highest BCUT2D eigenvalue weighted by Gasteiger charge is 2.19. The van der Waals surface area contributed by atoms with Crippen LogP contribution < -0.4 is 5.32 Å². The van der Waals surface area contributed by atoms with Gasteiger partial charge < -0.3 is 10.1 Å². The minimum absolute atomic E-state index is 0.0918. The van der Waals surface area contributed by atoms with Gasteiger partial charge in [-0.15, -0.1) is 0 Å². The maximum Gasteiger partial charge on any atom is 0.252 e. The molecule has 0 aromatic carbocycles. The second-order valence-corrected chi connectivity index (χ2v) is 4.29. The lowest BCUT2D eigenvalue weighted by molar-refractivity contribution is 0.0931. The van der Waals surface area contributed by atoms with Crippen molar-refractivity contribution in [3.63, 3.8) is 0 Å². The van der Waals surface area contributed by atoms with Crippen molar-refractivity contribution in [3.05, 3.63) is 36.3 Å². The van der Waals surface area contributed by atoms with Gasteiger partial charge in [-0.25, -0.2) is 0 Å². The number of fused-ring (bicyclic) bond motifs is 1. The Labute approximate surface area is 104 Å². The predicted octanol–water partition coefficient (Wildman–Crippen LogP) is 1.15. The highest BCUT2D eigenvalue weighted by atomic mass is 16.5. The number of nitrogens with zero attached hydrogens (tertiary/aromatic N) is 2. The van der Waals surface area contributed by atoms with Crippen LogP contribution in [0.2, 0.25) is 0 Å². The van der Waals surface area contributed by atoms with Crippen molar-refractivity contribution in [1.29, 1.82) is 0 Å². The summed E-state index contributed by atoms with van der Waals surface area (Å²) in [4.78, 5) is 20.4. The van der Waals surface area contributed by atoms with E-state index in [-0.39, 0.29) is 11.9 Å². The van der Waals surface area contributed by atoms with Crippen molar-refractivity contribution in [1.82, 2.24) is 15.3 Å². The zero-order valence-corrected chi connectivity index (χ0v) is 9.80. The van der Waals surface area contributed by atoms with Crippen LogP contribution in [0.25, 0.3) is 10.9 Å². The molecule has 1 aliphatic heterocycles. The number of carbonyl (C=O) groups is 1. The van der Waals surface area contributed by atoms with Gasteiger partial charge in [0.05, 0.1) is 23.7 Å². The lowest BCUT2D eigenvalue weighted by Gasteiger charge is -2.11. The number of ether oxygens (including phenoxy) is 1. The molecule has 1 unspecified atom stereocenters. The molecular formula is C13H13N3O2. The Morgan fingerprint density at radius 1 is 1.39 bits per heavy atom. The van der Waals surface area contributed by atoms with E-state index in [2.05, 4.69) is 15.3 Å². The Kier molecular flexibility index (Phi) is 2.90. The standard InChI is InChI=1S/C13H13N3O2/c17-13(16-9-3-6-18-8-9)10-1-5-15-12-2-4-14-7-11(10)12/h1-2,4-5,7,9H,3,6,8H2,(H,16,17). The molecule has 1 N–H and O–H groups in total. The molecule has 3 rings (SSSR count). The van der Waals surface area contributed by atoms with Gasteiger partial charge in [0.1, 0.15) is 0 Å². The number of hydrogen-bond donors (Lipinski definition) is 1. The Morgan fingerprint density at radius 3 is 3.17 bits per heavy atom. The molecule has 5 nitrogen and oxygen atoms in total. The summed E-state index contributed by atoms with van der Waals surface area (Å²) in [7, 11) is 0. The number of hydrogen-bond acceptors (Lipinski definition) is 4. The van der Waals surface area contributed by atoms with E-state index in [0.29, 0.717) is 18.8 Å². The monoisotopic (exact) mass is 243 g/mol. The third-order valence-corrected chi connectivity index (χ3v) is 3.05. The molecular weight excluding hydrogens is 230 g/mol. The van der Waals surface area contributed by atoms with Crippen LogP contribution in [0.3, 0.4) is 0 Å². The van der Waals surface area contributed by atoms with Crippen LogP contribution in [-0.2, 0) is 4.74 Å². The molecule has 1 atom stereocenters. The van der Waals surface area contributed by atoms with Gasteiger partial charge in [-0.1, -0.05) is 0 Å². The van der Waals surface area contributed by atoms with Gasteiger partial charge in [-0.2, -0.15) is 0 Å². The van der Waals surface area contributed by atoms with Crippen molar-refractivity contribution < 1.29 is 9.53 Å². The number of carbonyl (C=O) groups excluding carboxylic acids is 1. The molecule has 0 aliphatic carbocycles. The Balaban J connectivity index is 1.91. The summed E-state index contributed by atoms with van der Waals surface area (Å²) in [6.45, 7) is 1.30. The van der Waals surface area contributed by atoms with E-state index < -0.39 is 0 Å². The van der Waals surface area contributed by atoms with E-state index in [4.69, 9.17) is 4.74 Å². The van der Waals surface area contributed by atoms with Crippen LogP contribution in [0.4, 0.5) is 0 Å². The molecule has 0 bridgehead atoms. The minimum atomic E-state index is -0.0918. The van der Waals surface area contributed by atoms with Crippen molar-refractivity contribution in [2.45, 2.75) is 12.5 Å². The van der Waals surface area contributed by atoms with Crippen LogP contribution >= 0.6 is 0 Å². The summed E-state index contributed by atoms with van der Waals surface area (Å²) >= 11 is 0. The minimum Gasteiger partial charge on any atom is -0.379 e. The van der Waals surface area contributed by atoms with E-state index in [1.807, 2.05) is 0 Å². The lowest BCUT2D eigenvalue weighted by atomic mass is 10.1. The summed E-state index contributed by atoms with van der Waals surface area (Å²) < 4.78 is 5.24. The number of rotatable bonds is 2. The van der Waals surface area contributed by atoms with E-state index in [9.17, 15) is 4.79 Å².